The molecule has 1 saturated heterocycles. The van der Waals surface area contributed by atoms with Crippen molar-refractivity contribution in [3.63, 3.8) is 0 Å². The Morgan fingerprint density at radius 2 is 1.95 bits per heavy atom. The summed E-state index contributed by atoms with van der Waals surface area (Å²) in [6.45, 7) is 7.43. The molecular weight excluding hydrogens is 526 g/mol. The van der Waals surface area contributed by atoms with Crippen molar-refractivity contribution >= 4 is 39.6 Å². The monoisotopic (exact) mass is 561 g/mol. The summed E-state index contributed by atoms with van der Waals surface area (Å²) in [6.07, 6.45) is -0.174. The van der Waals surface area contributed by atoms with Crippen LogP contribution in [0.4, 0.5) is 4.79 Å². The van der Waals surface area contributed by atoms with E-state index >= 15 is 0 Å². The highest BCUT2D eigenvalue weighted by molar-refractivity contribution is 7.86. The van der Waals surface area contributed by atoms with Crippen LogP contribution in [0.2, 0.25) is 5.02 Å². The number of amides is 3. The summed E-state index contributed by atoms with van der Waals surface area (Å²) in [5, 5.41) is 18.2. The fraction of sp³-hybridized carbons (Fsp3) is 0.625. The molecule has 0 bridgehead atoms. The van der Waals surface area contributed by atoms with Crippen molar-refractivity contribution in [1.29, 1.82) is 0 Å². The molecule has 0 aliphatic carbocycles. The second-order valence-corrected chi connectivity index (χ2v) is 12.3. The average molecular weight is 562 g/mol. The molecule has 1 fully saturated rings. The van der Waals surface area contributed by atoms with Crippen molar-refractivity contribution < 1.29 is 37.2 Å². The highest BCUT2D eigenvalue weighted by Crippen LogP contribution is 2.22. The van der Waals surface area contributed by atoms with Gasteiger partial charge >= 0.3 is 6.09 Å². The molecule has 5 N–H and O–H groups in total. The molecule has 0 radical (unpaired) electrons. The largest absolute Gasteiger partial charge is 0.443 e. The molecule has 37 heavy (non-hydrogen) atoms. The predicted octanol–water partition coefficient (Wildman–Crippen LogP) is 2.02. The molecular formula is C24H36ClN3O8S. The van der Waals surface area contributed by atoms with Gasteiger partial charge in [-0.25, -0.2) is 4.79 Å². The molecule has 13 heteroatoms. The van der Waals surface area contributed by atoms with E-state index in [-0.39, 0.29) is 24.7 Å². The molecule has 0 saturated carbocycles. The molecule has 1 heterocycles. The Hall–Kier alpha value is -2.41. The maximum atomic E-state index is 13.1. The molecule has 4 atom stereocenters. The van der Waals surface area contributed by atoms with Crippen LogP contribution in [0.25, 0.3) is 0 Å². The van der Waals surface area contributed by atoms with Gasteiger partial charge in [-0.1, -0.05) is 37.6 Å². The van der Waals surface area contributed by atoms with Crippen LogP contribution in [-0.2, 0) is 30.9 Å². The summed E-state index contributed by atoms with van der Waals surface area (Å²) in [6, 6.07) is 4.49. The first-order valence-corrected chi connectivity index (χ1v) is 13.9. The number of carbonyl (C=O) groups excluding carboxylic acids is 3. The highest BCUT2D eigenvalue weighted by Gasteiger charge is 2.38. The fourth-order valence-corrected chi connectivity index (χ4v) is 5.02. The smallest absolute Gasteiger partial charge is 0.408 e. The number of alkyl carbamates (subject to hydrolysis) is 1. The summed E-state index contributed by atoms with van der Waals surface area (Å²) in [4.78, 5) is 37.8. The number of aliphatic hydroxyl groups is 1. The molecule has 1 aliphatic heterocycles. The van der Waals surface area contributed by atoms with E-state index in [2.05, 4.69) is 16.0 Å². The lowest BCUT2D eigenvalue weighted by Crippen LogP contribution is -2.55. The highest BCUT2D eigenvalue weighted by atomic mass is 35.5. The Balaban J connectivity index is 2.12. The normalized spacial score (nSPS) is 18.6. The predicted molar refractivity (Wildman–Crippen MR) is 137 cm³/mol. The molecule has 3 amide bonds. The van der Waals surface area contributed by atoms with Gasteiger partial charge in [-0.2, -0.15) is 8.42 Å². The first-order valence-electron chi connectivity index (χ1n) is 12.0. The van der Waals surface area contributed by atoms with Gasteiger partial charge < -0.3 is 25.8 Å². The number of hydrogen-bond donors (Lipinski definition) is 5. The van der Waals surface area contributed by atoms with Gasteiger partial charge in [0.2, 0.25) is 17.3 Å². The number of halogens is 1. The van der Waals surface area contributed by atoms with Crippen molar-refractivity contribution in [2.75, 3.05) is 6.54 Å². The van der Waals surface area contributed by atoms with Crippen LogP contribution in [0.3, 0.4) is 0 Å². The summed E-state index contributed by atoms with van der Waals surface area (Å²) in [7, 11) is -4.95. The van der Waals surface area contributed by atoms with Crippen LogP contribution in [0.5, 0.6) is 0 Å². The van der Waals surface area contributed by atoms with E-state index in [0.717, 1.165) is 5.56 Å². The standard InChI is InChI=1S/C24H36ClN3O8S/c1-14(2)10-18(28-23(32)36-24(3,4)13-15-6-5-7-17(25)11-15)21(30)27-19(22(31)37(33,34)35)12-16-8-9-26-20(16)29/h5-7,11,14,16,18-19,22,31H,8-10,12-13H2,1-4H3,(H,26,29)(H,27,30)(H,28,32)(H,33,34,35)/t16-,18-,19-,22?/m0/s1. The number of ether oxygens (including phenoxy) is 1. The quantitative estimate of drug-likeness (QED) is 0.241. The van der Waals surface area contributed by atoms with Crippen molar-refractivity contribution in [2.45, 2.75) is 76.5 Å². The van der Waals surface area contributed by atoms with Gasteiger partial charge in [0.15, 0.2) is 0 Å². The summed E-state index contributed by atoms with van der Waals surface area (Å²) < 4.78 is 38.2. The molecule has 1 aromatic rings. The number of aliphatic hydroxyl groups excluding tert-OH is 1. The second-order valence-electron chi connectivity index (χ2n) is 10.3. The first-order chi connectivity index (χ1) is 17.1. The number of rotatable bonds is 12. The number of carbonyl (C=O) groups is 3. The van der Waals surface area contributed by atoms with Crippen molar-refractivity contribution in [1.82, 2.24) is 16.0 Å². The summed E-state index contributed by atoms with van der Waals surface area (Å²) >= 11 is 6.03. The SMILES string of the molecule is CC(C)C[C@H](NC(=O)OC(C)(C)Cc1cccc(Cl)c1)C(=O)N[C@@H](C[C@@H]1CCNC1=O)C(O)S(=O)(=O)O. The van der Waals surface area contributed by atoms with E-state index in [1.165, 1.54) is 0 Å². The van der Waals surface area contributed by atoms with Gasteiger partial charge in [0.05, 0.1) is 6.04 Å². The van der Waals surface area contributed by atoms with Crippen LogP contribution in [-0.4, -0.2) is 65.7 Å². The van der Waals surface area contributed by atoms with Crippen LogP contribution in [0, 0.1) is 11.8 Å². The molecule has 1 aromatic carbocycles. The van der Waals surface area contributed by atoms with E-state index in [9.17, 15) is 32.5 Å². The minimum Gasteiger partial charge on any atom is -0.443 e. The zero-order valence-electron chi connectivity index (χ0n) is 21.4. The lowest BCUT2D eigenvalue weighted by atomic mass is 9.97. The Kier molecular flexibility index (Phi) is 10.7. The third-order valence-electron chi connectivity index (χ3n) is 5.88. The number of nitrogens with one attached hydrogen (secondary N) is 3. The zero-order valence-corrected chi connectivity index (χ0v) is 22.9. The summed E-state index contributed by atoms with van der Waals surface area (Å²) in [5.74, 6) is -1.84. The molecule has 1 unspecified atom stereocenters. The van der Waals surface area contributed by atoms with E-state index in [1.807, 2.05) is 19.9 Å². The lowest BCUT2D eigenvalue weighted by molar-refractivity contribution is -0.126. The molecule has 2 rings (SSSR count). The topological polar surface area (TPSA) is 171 Å². The van der Waals surface area contributed by atoms with Gasteiger partial charge in [-0.3, -0.25) is 14.1 Å². The number of hydrogen-bond acceptors (Lipinski definition) is 7. The molecule has 208 valence electrons. The molecule has 0 aromatic heterocycles. The van der Waals surface area contributed by atoms with Crippen molar-refractivity contribution in [3.05, 3.63) is 34.9 Å². The van der Waals surface area contributed by atoms with Crippen molar-refractivity contribution in [3.8, 4) is 0 Å². The Labute approximate surface area is 222 Å². The molecule has 11 nitrogen and oxygen atoms in total. The van der Waals surface area contributed by atoms with Gasteiger partial charge in [0, 0.05) is 23.9 Å². The Morgan fingerprint density at radius 3 is 2.49 bits per heavy atom. The Morgan fingerprint density at radius 1 is 1.27 bits per heavy atom. The van der Waals surface area contributed by atoms with Crippen molar-refractivity contribution in [2.24, 2.45) is 11.8 Å². The maximum Gasteiger partial charge on any atom is 0.408 e. The maximum absolute atomic E-state index is 13.1. The van der Waals surface area contributed by atoms with Crippen LogP contribution < -0.4 is 16.0 Å². The fourth-order valence-electron chi connectivity index (χ4n) is 4.21. The van der Waals surface area contributed by atoms with E-state index in [4.69, 9.17) is 16.3 Å². The molecule has 0 spiro atoms. The zero-order chi connectivity index (χ0) is 28.0. The Bertz CT molecular complexity index is 1080. The average Bonchev–Trinajstić information content (AvgIpc) is 3.14. The third kappa shape index (κ3) is 10.1. The molecule has 1 aliphatic rings. The minimum absolute atomic E-state index is 0.0546. The van der Waals surface area contributed by atoms with Crippen LogP contribution >= 0.6 is 11.6 Å². The van der Waals surface area contributed by atoms with Gasteiger partial charge in [-0.15, -0.1) is 0 Å². The van der Waals surface area contributed by atoms with Gasteiger partial charge in [-0.05, 0) is 56.7 Å². The summed E-state index contributed by atoms with van der Waals surface area (Å²) in [5.41, 5.74) is -2.46. The third-order valence-corrected chi connectivity index (χ3v) is 7.06. The van der Waals surface area contributed by atoms with E-state index < -0.39 is 51.2 Å². The first kappa shape index (κ1) is 30.8. The lowest BCUT2D eigenvalue weighted by Gasteiger charge is -2.29. The minimum atomic E-state index is -4.95. The van der Waals surface area contributed by atoms with E-state index in [0.29, 0.717) is 24.4 Å². The second kappa shape index (κ2) is 12.9. The van der Waals surface area contributed by atoms with E-state index in [1.54, 1.807) is 32.0 Å². The van der Waals surface area contributed by atoms with Crippen LogP contribution in [0.15, 0.2) is 24.3 Å². The van der Waals surface area contributed by atoms with Crippen LogP contribution in [0.1, 0.15) is 52.5 Å². The van der Waals surface area contributed by atoms with Gasteiger partial charge in [0.1, 0.15) is 11.6 Å². The van der Waals surface area contributed by atoms with Gasteiger partial charge in [0.25, 0.3) is 10.1 Å². The number of benzene rings is 1.